The number of aromatic nitrogens is 3. The first kappa shape index (κ1) is 15.0. The maximum absolute atomic E-state index is 12.1. The summed E-state index contributed by atoms with van der Waals surface area (Å²) < 4.78 is 2.01. The van der Waals surface area contributed by atoms with Crippen molar-refractivity contribution in [3.8, 4) is 0 Å². The summed E-state index contributed by atoms with van der Waals surface area (Å²) in [7, 11) is 3.80. The van der Waals surface area contributed by atoms with Crippen LogP contribution in [0.1, 0.15) is 17.3 Å². The lowest BCUT2D eigenvalue weighted by Gasteiger charge is -2.14. The molecule has 0 saturated carbocycles. The fourth-order valence-electron chi connectivity index (χ4n) is 1.99. The van der Waals surface area contributed by atoms with Crippen molar-refractivity contribution in [3.63, 3.8) is 0 Å². The van der Waals surface area contributed by atoms with E-state index in [1.165, 1.54) is 0 Å². The molecule has 1 atom stereocenters. The number of carbonyl (C=O) groups is 1. The van der Waals surface area contributed by atoms with Crippen molar-refractivity contribution in [2.75, 3.05) is 25.5 Å². The van der Waals surface area contributed by atoms with Crippen LogP contribution in [0.15, 0.2) is 37.1 Å². The third-order valence-electron chi connectivity index (χ3n) is 3.16. The van der Waals surface area contributed by atoms with Gasteiger partial charge in [0, 0.05) is 51.3 Å². The Balaban J connectivity index is 1.88. The molecular formula is C15H21N5O. The summed E-state index contributed by atoms with van der Waals surface area (Å²) in [6.07, 6.45) is 7.11. The highest BCUT2D eigenvalue weighted by atomic mass is 16.1. The van der Waals surface area contributed by atoms with E-state index in [0.717, 1.165) is 12.4 Å². The molecule has 6 heteroatoms. The van der Waals surface area contributed by atoms with Crippen LogP contribution in [0.5, 0.6) is 0 Å². The van der Waals surface area contributed by atoms with Gasteiger partial charge in [-0.2, -0.15) is 0 Å². The van der Waals surface area contributed by atoms with E-state index in [-0.39, 0.29) is 5.91 Å². The molecule has 0 bridgehead atoms. The van der Waals surface area contributed by atoms with E-state index in [0.29, 0.717) is 18.0 Å². The summed E-state index contributed by atoms with van der Waals surface area (Å²) in [5.41, 5.74) is 0.628. The van der Waals surface area contributed by atoms with Gasteiger partial charge in [-0.15, -0.1) is 0 Å². The fraction of sp³-hybridized carbons (Fsp3) is 0.400. The molecule has 0 unspecified atom stereocenters. The van der Waals surface area contributed by atoms with Crippen LogP contribution in [0.25, 0.3) is 0 Å². The minimum absolute atomic E-state index is 0.0713. The molecule has 0 aromatic carbocycles. The molecule has 1 amide bonds. The SMILES string of the molecule is C[C@@H](CNC(=O)c1ccnc(N(C)C)c1)Cn1ccnc1. The monoisotopic (exact) mass is 287 g/mol. The number of hydrogen-bond acceptors (Lipinski definition) is 4. The van der Waals surface area contributed by atoms with Crippen LogP contribution < -0.4 is 10.2 Å². The van der Waals surface area contributed by atoms with Crippen LogP contribution in [0.3, 0.4) is 0 Å². The van der Waals surface area contributed by atoms with Gasteiger partial charge in [-0.1, -0.05) is 6.92 Å². The van der Waals surface area contributed by atoms with Crippen molar-refractivity contribution in [2.45, 2.75) is 13.5 Å². The van der Waals surface area contributed by atoms with Gasteiger partial charge in [0.2, 0.25) is 0 Å². The first-order chi connectivity index (χ1) is 10.1. The largest absolute Gasteiger partial charge is 0.363 e. The molecule has 2 aromatic heterocycles. The third kappa shape index (κ3) is 4.30. The molecule has 112 valence electrons. The van der Waals surface area contributed by atoms with Gasteiger partial charge in [0.1, 0.15) is 5.82 Å². The molecule has 2 rings (SSSR count). The van der Waals surface area contributed by atoms with Crippen LogP contribution in [-0.4, -0.2) is 41.1 Å². The number of nitrogens with one attached hydrogen (secondary N) is 1. The topological polar surface area (TPSA) is 63.1 Å². The molecule has 0 radical (unpaired) electrons. The predicted octanol–water partition coefficient (Wildman–Crippen LogP) is 1.41. The Morgan fingerprint density at radius 2 is 2.24 bits per heavy atom. The van der Waals surface area contributed by atoms with Gasteiger partial charge in [0.05, 0.1) is 6.33 Å². The smallest absolute Gasteiger partial charge is 0.251 e. The molecule has 21 heavy (non-hydrogen) atoms. The lowest BCUT2D eigenvalue weighted by atomic mass is 10.1. The number of carbonyl (C=O) groups excluding carboxylic acids is 1. The Bertz CT molecular complexity index is 580. The van der Waals surface area contributed by atoms with Crippen molar-refractivity contribution < 1.29 is 4.79 Å². The van der Waals surface area contributed by atoms with E-state index in [1.54, 1.807) is 30.9 Å². The van der Waals surface area contributed by atoms with Gasteiger partial charge in [0.15, 0.2) is 0 Å². The van der Waals surface area contributed by atoms with Crippen LogP contribution >= 0.6 is 0 Å². The summed E-state index contributed by atoms with van der Waals surface area (Å²) >= 11 is 0. The van der Waals surface area contributed by atoms with E-state index in [1.807, 2.05) is 29.8 Å². The second-order valence-electron chi connectivity index (χ2n) is 5.37. The zero-order chi connectivity index (χ0) is 15.2. The quantitative estimate of drug-likeness (QED) is 0.872. The van der Waals surface area contributed by atoms with Crippen LogP contribution in [0, 0.1) is 5.92 Å². The molecule has 2 heterocycles. The van der Waals surface area contributed by atoms with E-state index in [2.05, 4.69) is 22.2 Å². The highest BCUT2D eigenvalue weighted by molar-refractivity contribution is 5.94. The molecule has 0 aliphatic rings. The summed E-state index contributed by atoms with van der Waals surface area (Å²) in [6.45, 7) is 3.55. The highest BCUT2D eigenvalue weighted by Gasteiger charge is 2.10. The number of rotatable bonds is 6. The minimum Gasteiger partial charge on any atom is -0.363 e. The Hall–Kier alpha value is -2.37. The van der Waals surface area contributed by atoms with Crippen LogP contribution in [0.4, 0.5) is 5.82 Å². The summed E-state index contributed by atoms with van der Waals surface area (Å²) in [4.78, 5) is 22.2. The van der Waals surface area contributed by atoms with Gasteiger partial charge in [-0.05, 0) is 18.1 Å². The van der Waals surface area contributed by atoms with Crippen molar-refractivity contribution in [3.05, 3.63) is 42.6 Å². The molecular weight excluding hydrogens is 266 g/mol. The first-order valence-electron chi connectivity index (χ1n) is 6.93. The van der Waals surface area contributed by atoms with Gasteiger partial charge in [-0.25, -0.2) is 9.97 Å². The van der Waals surface area contributed by atoms with Gasteiger partial charge in [-0.3, -0.25) is 4.79 Å². The number of anilines is 1. The number of nitrogens with zero attached hydrogens (tertiary/aromatic N) is 4. The standard InChI is InChI=1S/C15H21N5O/c1-12(10-20-7-6-16-11-20)9-18-15(21)13-4-5-17-14(8-13)19(2)3/h4-8,11-12H,9-10H2,1-3H3,(H,18,21)/t12-/m0/s1. The van der Waals surface area contributed by atoms with E-state index < -0.39 is 0 Å². The van der Waals surface area contributed by atoms with E-state index >= 15 is 0 Å². The molecule has 0 fully saturated rings. The van der Waals surface area contributed by atoms with Gasteiger partial charge in [0.25, 0.3) is 5.91 Å². The third-order valence-corrected chi connectivity index (χ3v) is 3.16. The van der Waals surface area contributed by atoms with Crippen molar-refractivity contribution in [1.82, 2.24) is 19.9 Å². The average Bonchev–Trinajstić information content (AvgIpc) is 2.97. The predicted molar refractivity (Wildman–Crippen MR) is 82.3 cm³/mol. The van der Waals surface area contributed by atoms with Crippen molar-refractivity contribution in [2.24, 2.45) is 5.92 Å². The van der Waals surface area contributed by atoms with Crippen LogP contribution in [-0.2, 0) is 6.54 Å². The lowest BCUT2D eigenvalue weighted by Crippen LogP contribution is -2.30. The highest BCUT2D eigenvalue weighted by Crippen LogP contribution is 2.09. The maximum Gasteiger partial charge on any atom is 0.251 e. The second-order valence-corrected chi connectivity index (χ2v) is 5.37. The van der Waals surface area contributed by atoms with E-state index in [4.69, 9.17) is 0 Å². The Morgan fingerprint density at radius 3 is 2.90 bits per heavy atom. The number of imidazole rings is 1. The zero-order valence-electron chi connectivity index (χ0n) is 12.7. The molecule has 2 aromatic rings. The van der Waals surface area contributed by atoms with Crippen molar-refractivity contribution in [1.29, 1.82) is 0 Å². The summed E-state index contributed by atoms with van der Waals surface area (Å²) in [6, 6.07) is 3.51. The summed E-state index contributed by atoms with van der Waals surface area (Å²) in [5.74, 6) is 1.03. The molecule has 0 saturated heterocycles. The number of amides is 1. The number of hydrogen-bond donors (Lipinski definition) is 1. The first-order valence-corrected chi connectivity index (χ1v) is 6.93. The Morgan fingerprint density at radius 1 is 1.43 bits per heavy atom. The minimum atomic E-state index is -0.0713. The van der Waals surface area contributed by atoms with Gasteiger partial charge >= 0.3 is 0 Å². The van der Waals surface area contributed by atoms with Crippen molar-refractivity contribution >= 4 is 11.7 Å². The Kier molecular flexibility index (Phi) is 4.92. The van der Waals surface area contributed by atoms with Crippen LogP contribution in [0.2, 0.25) is 0 Å². The second kappa shape index (κ2) is 6.88. The number of pyridine rings is 1. The fourth-order valence-corrected chi connectivity index (χ4v) is 1.99. The molecule has 0 aliphatic carbocycles. The summed E-state index contributed by atoms with van der Waals surface area (Å²) in [5, 5.41) is 2.96. The molecule has 0 aliphatic heterocycles. The van der Waals surface area contributed by atoms with E-state index in [9.17, 15) is 4.79 Å². The normalized spacial score (nSPS) is 12.0. The maximum atomic E-state index is 12.1. The zero-order valence-corrected chi connectivity index (χ0v) is 12.7. The molecule has 1 N–H and O–H groups in total. The average molecular weight is 287 g/mol. The molecule has 6 nitrogen and oxygen atoms in total. The Labute approximate surface area is 124 Å². The molecule has 0 spiro atoms. The lowest BCUT2D eigenvalue weighted by molar-refractivity contribution is 0.0947. The van der Waals surface area contributed by atoms with Gasteiger partial charge < -0.3 is 14.8 Å².